The minimum absolute atomic E-state index is 0.0181. The van der Waals surface area contributed by atoms with Crippen molar-refractivity contribution in [2.75, 3.05) is 0 Å². The lowest BCUT2D eigenvalue weighted by Crippen LogP contribution is -2.35. The zero-order chi connectivity index (χ0) is 10.7. The third-order valence-corrected chi connectivity index (χ3v) is 4.48. The summed E-state index contributed by atoms with van der Waals surface area (Å²) in [6.45, 7) is 5.77. The Hall–Kier alpha value is -0.860. The van der Waals surface area contributed by atoms with Crippen LogP contribution in [-0.4, -0.2) is 16.9 Å². The molecular formula is C11H16O3. The van der Waals surface area contributed by atoms with E-state index in [1.807, 2.05) is 0 Å². The van der Waals surface area contributed by atoms with Gasteiger partial charge in [0.25, 0.3) is 0 Å². The predicted octanol–water partition coefficient (Wildman–Crippen LogP) is 1.71. The maximum Gasteiger partial charge on any atom is 0.317 e. The fraction of sp³-hybridized carbons (Fsp3) is 0.818. The molecule has 2 aliphatic rings. The summed E-state index contributed by atoms with van der Waals surface area (Å²) in [7, 11) is 0. The Kier molecular flexibility index (Phi) is 1.65. The average molecular weight is 196 g/mol. The Labute approximate surface area is 83.5 Å². The van der Waals surface area contributed by atoms with Gasteiger partial charge < -0.3 is 5.11 Å². The minimum Gasteiger partial charge on any atom is -0.480 e. The fourth-order valence-electron chi connectivity index (χ4n) is 3.08. The number of hydrogen-bond donors (Lipinski definition) is 1. The molecule has 0 amide bonds. The van der Waals surface area contributed by atoms with Crippen molar-refractivity contribution in [1.29, 1.82) is 0 Å². The van der Waals surface area contributed by atoms with Crippen LogP contribution in [0.2, 0.25) is 0 Å². The van der Waals surface area contributed by atoms with Gasteiger partial charge in [0.15, 0.2) is 5.78 Å². The van der Waals surface area contributed by atoms with E-state index in [-0.39, 0.29) is 17.1 Å². The lowest BCUT2D eigenvalue weighted by Gasteiger charge is -2.17. The summed E-state index contributed by atoms with van der Waals surface area (Å²) in [5.41, 5.74) is -1.07. The number of carbonyl (C=O) groups excluding carboxylic acids is 1. The molecule has 3 heteroatoms. The molecule has 2 fully saturated rings. The molecule has 0 aromatic heterocycles. The molecule has 0 saturated heterocycles. The number of rotatable bonds is 2. The maximum atomic E-state index is 11.7. The third kappa shape index (κ3) is 0.830. The van der Waals surface area contributed by atoms with Crippen LogP contribution in [0.5, 0.6) is 0 Å². The lowest BCUT2D eigenvalue weighted by molar-refractivity contribution is -0.153. The molecule has 2 aliphatic carbocycles. The smallest absolute Gasteiger partial charge is 0.317 e. The maximum absolute atomic E-state index is 11.7. The van der Waals surface area contributed by atoms with E-state index in [1.165, 1.54) is 0 Å². The van der Waals surface area contributed by atoms with Gasteiger partial charge in [0.05, 0.1) is 0 Å². The van der Waals surface area contributed by atoms with Gasteiger partial charge in [-0.1, -0.05) is 13.8 Å². The van der Waals surface area contributed by atoms with E-state index in [9.17, 15) is 9.59 Å². The fourth-order valence-corrected chi connectivity index (χ4v) is 3.08. The highest BCUT2D eigenvalue weighted by atomic mass is 16.4. The number of carboxylic acid groups (broad SMARTS) is 1. The van der Waals surface area contributed by atoms with E-state index in [4.69, 9.17) is 5.11 Å². The van der Waals surface area contributed by atoms with Crippen LogP contribution in [0.3, 0.4) is 0 Å². The Morgan fingerprint density at radius 1 is 1.57 bits per heavy atom. The van der Waals surface area contributed by atoms with Crippen molar-refractivity contribution >= 4 is 11.8 Å². The summed E-state index contributed by atoms with van der Waals surface area (Å²) < 4.78 is 0. The van der Waals surface area contributed by atoms with Crippen molar-refractivity contribution in [3.8, 4) is 0 Å². The number of Topliss-reactive ketones (excluding diaryl/α,β-unsaturated/α-hetero) is 1. The quantitative estimate of drug-likeness (QED) is 0.684. The van der Waals surface area contributed by atoms with Gasteiger partial charge in [-0.15, -0.1) is 0 Å². The lowest BCUT2D eigenvalue weighted by atomic mass is 9.84. The Balaban J connectivity index is 2.35. The minimum atomic E-state index is -1.09. The first kappa shape index (κ1) is 9.69. The van der Waals surface area contributed by atoms with E-state index in [2.05, 4.69) is 13.8 Å². The van der Waals surface area contributed by atoms with Gasteiger partial charge in [-0.3, -0.25) is 9.59 Å². The second-order valence-electron chi connectivity index (χ2n) is 5.25. The van der Waals surface area contributed by atoms with E-state index in [0.717, 1.165) is 6.42 Å². The van der Waals surface area contributed by atoms with E-state index < -0.39 is 11.4 Å². The van der Waals surface area contributed by atoms with Crippen molar-refractivity contribution in [3.63, 3.8) is 0 Å². The largest absolute Gasteiger partial charge is 0.480 e. The summed E-state index contributed by atoms with van der Waals surface area (Å²) >= 11 is 0. The monoisotopic (exact) mass is 196 g/mol. The standard InChI is InChI=1S/C11H16O3/c1-6(2)11-4-7(11)10(3,9(13)14)8(12)5-11/h6-7H,4-5H2,1-3H3,(H,13,14)/t7?,10-,11?/m0/s1. The molecule has 0 bridgehead atoms. The highest BCUT2D eigenvalue weighted by Crippen LogP contribution is 2.72. The molecule has 0 heterocycles. The molecular weight excluding hydrogens is 180 g/mol. The van der Waals surface area contributed by atoms with Crippen molar-refractivity contribution in [1.82, 2.24) is 0 Å². The van der Waals surface area contributed by atoms with E-state index >= 15 is 0 Å². The predicted molar refractivity (Wildman–Crippen MR) is 50.7 cm³/mol. The molecule has 0 aliphatic heterocycles. The van der Waals surface area contributed by atoms with Gasteiger partial charge in [-0.25, -0.2) is 0 Å². The van der Waals surface area contributed by atoms with Gasteiger partial charge in [-0.2, -0.15) is 0 Å². The highest BCUT2D eigenvalue weighted by molar-refractivity contribution is 6.06. The SMILES string of the molecule is CC(C)C12CC(=O)[C@@](C)(C(=O)O)C1C2. The first-order valence-corrected chi connectivity index (χ1v) is 5.12. The zero-order valence-corrected chi connectivity index (χ0v) is 8.83. The molecule has 78 valence electrons. The van der Waals surface area contributed by atoms with Crippen LogP contribution in [-0.2, 0) is 9.59 Å². The van der Waals surface area contributed by atoms with Crippen molar-refractivity contribution in [3.05, 3.63) is 0 Å². The first-order valence-electron chi connectivity index (χ1n) is 5.12. The second-order valence-corrected chi connectivity index (χ2v) is 5.25. The van der Waals surface area contributed by atoms with E-state index in [1.54, 1.807) is 6.92 Å². The number of carbonyl (C=O) groups is 2. The van der Waals surface area contributed by atoms with Crippen molar-refractivity contribution in [2.24, 2.45) is 22.7 Å². The Bertz CT molecular complexity index is 320. The summed E-state index contributed by atoms with van der Waals surface area (Å²) in [5, 5.41) is 9.12. The van der Waals surface area contributed by atoms with Crippen LogP contribution in [0.15, 0.2) is 0 Å². The van der Waals surface area contributed by atoms with Crippen LogP contribution in [0.1, 0.15) is 33.6 Å². The van der Waals surface area contributed by atoms with Gasteiger partial charge in [0.2, 0.25) is 0 Å². The number of aliphatic carboxylic acids is 1. The number of hydrogen-bond acceptors (Lipinski definition) is 2. The van der Waals surface area contributed by atoms with Crippen LogP contribution in [0.4, 0.5) is 0 Å². The normalized spacial score (nSPS) is 45.4. The molecule has 2 unspecified atom stereocenters. The summed E-state index contributed by atoms with van der Waals surface area (Å²) in [5.74, 6) is -0.514. The van der Waals surface area contributed by atoms with Crippen LogP contribution in [0, 0.1) is 22.7 Å². The summed E-state index contributed by atoms with van der Waals surface area (Å²) in [4.78, 5) is 22.8. The van der Waals surface area contributed by atoms with Crippen molar-refractivity contribution < 1.29 is 14.7 Å². The van der Waals surface area contributed by atoms with E-state index in [0.29, 0.717) is 12.3 Å². The molecule has 0 aromatic rings. The zero-order valence-electron chi connectivity index (χ0n) is 8.83. The second kappa shape index (κ2) is 2.38. The third-order valence-electron chi connectivity index (χ3n) is 4.48. The molecule has 2 rings (SSSR count). The van der Waals surface area contributed by atoms with Gasteiger partial charge in [0, 0.05) is 6.42 Å². The van der Waals surface area contributed by atoms with Gasteiger partial charge in [-0.05, 0) is 30.6 Å². The first-order chi connectivity index (χ1) is 6.35. The topological polar surface area (TPSA) is 54.4 Å². The number of ketones is 1. The van der Waals surface area contributed by atoms with Crippen LogP contribution < -0.4 is 0 Å². The molecule has 14 heavy (non-hydrogen) atoms. The summed E-state index contributed by atoms with van der Waals surface area (Å²) in [6, 6.07) is 0. The molecule has 3 atom stereocenters. The van der Waals surface area contributed by atoms with Crippen molar-refractivity contribution in [2.45, 2.75) is 33.6 Å². The Morgan fingerprint density at radius 3 is 2.43 bits per heavy atom. The highest BCUT2D eigenvalue weighted by Gasteiger charge is 2.74. The molecule has 3 nitrogen and oxygen atoms in total. The molecule has 0 spiro atoms. The van der Waals surface area contributed by atoms with Crippen LogP contribution >= 0.6 is 0 Å². The molecule has 0 aromatic carbocycles. The summed E-state index contributed by atoms with van der Waals surface area (Å²) in [6.07, 6.45) is 1.39. The number of fused-ring (bicyclic) bond motifs is 1. The average Bonchev–Trinajstić information content (AvgIpc) is 2.74. The van der Waals surface area contributed by atoms with Gasteiger partial charge in [0.1, 0.15) is 5.41 Å². The number of carboxylic acids is 1. The van der Waals surface area contributed by atoms with Crippen LogP contribution in [0.25, 0.3) is 0 Å². The van der Waals surface area contributed by atoms with Gasteiger partial charge >= 0.3 is 5.97 Å². The molecule has 2 saturated carbocycles. The Morgan fingerprint density at radius 2 is 2.14 bits per heavy atom. The molecule has 1 N–H and O–H groups in total. The molecule has 0 radical (unpaired) electrons.